The van der Waals surface area contributed by atoms with Crippen LogP contribution in [0.1, 0.15) is 68.4 Å². The minimum absolute atomic E-state index is 0.0531. The maximum absolute atomic E-state index is 13.8. The highest BCUT2D eigenvalue weighted by molar-refractivity contribution is 5.99. The maximum atomic E-state index is 13.8. The van der Waals surface area contributed by atoms with Crippen molar-refractivity contribution in [2.45, 2.75) is 83.0 Å². The van der Waals surface area contributed by atoms with Gasteiger partial charge in [-0.25, -0.2) is 14.8 Å². The van der Waals surface area contributed by atoms with Crippen molar-refractivity contribution in [3.63, 3.8) is 0 Å². The first-order valence-electron chi connectivity index (χ1n) is 17.8. The van der Waals surface area contributed by atoms with Gasteiger partial charge in [-0.3, -0.25) is 24.6 Å². The average Bonchev–Trinajstić information content (AvgIpc) is 3.13. The van der Waals surface area contributed by atoms with Crippen molar-refractivity contribution in [3.8, 4) is 0 Å². The van der Waals surface area contributed by atoms with E-state index in [-0.39, 0.29) is 30.5 Å². The number of pyridine rings is 1. The van der Waals surface area contributed by atoms with Gasteiger partial charge in [0.25, 0.3) is 11.8 Å². The van der Waals surface area contributed by atoms with Gasteiger partial charge in [0.05, 0.1) is 31.2 Å². The Bertz CT molecular complexity index is 1670. The molecule has 0 bridgehead atoms. The quantitative estimate of drug-likeness (QED) is 0.113. The molecule has 1 aromatic heterocycles. The molecule has 1 aliphatic carbocycles. The Morgan fingerprint density at radius 3 is 2.27 bits per heavy atom. The van der Waals surface area contributed by atoms with Crippen LogP contribution in [0.15, 0.2) is 66.7 Å². The Hall–Kier alpha value is -5.08. The summed E-state index contributed by atoms with van der Waals surface area (Å²) in [7, 11) is 1.22. The van der Waals surface area contributed by atoms with Gasteiger partial charge in [-0.15, -0.1) is 0 Å². The number of benzene rings is 2. The highest BCUT2D eigenvalue weighted by atomic mass is 16.5. The summed E-state index contributed by atoms with van der Waals surface area (Å²) in [5.74, 6) is -2.69. The van der Waals surface area contributed by atoms with Crippen LogP contribution >= 0.6 is 0 Å². The summed E-state index contributed by atoms with van der Waals surface area (Å²) in [4.78, 5) is 69.2. The van der Waals surface area contributed by atoms with Crippen LogP contribution in [0.2, 0.25) is 0 Å². The van der Waals surface area contributed by atoms with E-state index in [0.29, 0.717) is 12.1 Å². The van der Waals surface area contributed by atoms with Crippen LogP contribution in [-0.2, 0) is 25.5 Å². The minimum atomic E-state index is -1.36. The lowest BCUT2D eigenvalue weighted by atomic mass is 9.89. The zero-order valence-corrected chi connectivity index (χ0v) is 30.0. The monoisotopic (exact) mass is 717 g/mol. The van der Waals surface area contributed by atoms with E-state index in [1.807, 2.05) is 42.5 Å². The number of fused-ring (bicyclic) bond motifs is 1. The van der Waals surface area contributed by atoms with Gasteiger partial charge >= 0.3 is 6.09 Å². The number of rotatable bonds is 17. The lowest BCUT2D eigenvalue weighted by molar-refractivity contribution is -0.131. The van der Waals surface area contributed by atoms with E-state index in [9.17, 15) is 29.1 Å². The first kappa shape index (κ1) is 39.7. The van der Waals surface area contributed by atoms with Gasteiger partial charge in [-0.2, -0.15) is 0 Å². The molecular formula is C38H51N7O7. The van der Waals surface area contributed by atoms with Crippen LogP contribution < -0.4 is 27.1 Å². The fourth-order valence-corrected chi connectivity index (χ4v) is 6.42. The van der Waals surface area contributed by atoms with E-state index >= 15 is 0 Å². The molecule has 5 amide bonds. The van der Waals surface area contributed by atoms with E-state index in [4.69, 9.17) is 10.5 Å². The molecule has 1 aliphatic rings. The molecule has 2 aromatic carbocycles. The number of hydrogen-bond donors (Lipinski definition) is 6. The van der Waals surface area contributed by atoms with Gasteiger partial charge in [0.1, 0.15) is 17.8 Å². The lowest BCUT2D eigenvalue weighted by Gasteiger charge is -2.35. The zero-order valence-electron chi connectivity index (χ0n) is 30.0. The first-order valence-corrected chi connectivity index (χ1v) is 17.8. The van der Waals surface area contributed by atoms with Crippen molar-refractivity contribution < 1.29 is 33.8 Å². The number of aliphatic hydroxyl groups is 1. The Kier molecular flexibility index (Phi) is 14.9. The van der Waals surface area contributed by atoms with Crippen LogP contribution in [0.25, 0.3) is 10.9 Å². The summed E-state index contributed by atoms with van der Waals surface area (Å²) in [6.45, 7) is 3.96. The molecule has 1 heterocycles. The number of para-hydroxylation sites is 1. The third-order valence-corrected chi connectivity index (χ3v) is 9.24. The number of aliphatic hydroxyl groups excluding tert-OH is 1. The predicted octanol–water partition coefficient (Wildman–Crippen LogP) is 2.59. The van der Waals surface area contributed by atoms with E-state index in [0.717, 1.165) is 43.1 Å². The number of hydrogen-bond acceptors (Lipinski definition) is 9. The summed E-state index contributed by atoms with van der Waals surface area (Å²) in [6.07, 6.45) is 2.90. The largest absolute Gasteiger partial charge is 0.453 e. The number of methoxy groups -OCH3 is 1. The molecule has 1 saturated carbocycles. The SMILES string of the molecule is COC(=O)NC(C(=O)NN(CC1CCCCC1)C[C@H](O)[C@H](Cc1ccccc1)NC(=O)[C@H](CC(N)=O)NC(=O)c1ccc2ccccc2n1)C(C)C. The zero-order chi connectivity index (χ0) is 37.6. The molecule has 1 unspecified atom stereocenters. The Labute approximate surface area is 304 Å². The number of ether oxygens (including phenoxy) is 1. The Morgan fingerprint density at radius 1 is 0.904 bits per heavy atom. The molecule has 0 radical (unpaired) electrons. The number of primary amides is 1. The molecule has 4 rings (SSSR count). The molecule has 14 heteroatoms. The molecule has 4 atom stereocenters. The summed E-state index contributed by atoms with van der Waals surface area (Å²) in [5, 5.41) is 22.3. The number of aromatic nitrogens is 1. The second kappa shape index (κ2) is 19.5. The number of carbonyl (C=O) groups excluding carboxylic acids is 5. The highest BCUT2D eigenvalue weighted by Gasteiger charge is 2.32. The molecule has 7 N–H and O–H groups in total. The fourth-order valence-electron chi connectivity index (χ4n) is 6.42. The summed E-state index contributed by atoms with van der Waals surface area (Å²) in [5.41, 5.74) is 9.87. The summed E-state index contributed by atoms with van der Waals surface area (Å²) < 4.78 is 4.72. The maximum Gasteiger partial charge on any atom is 0.407 e. The summed E-state index contributed by atoms with van der Waals surface area (Å²) >= 11 is 0. The van der Waals surface area contributed by atoms with Crippen molar-refractivity contribution in [1.29, 1.82) is 0 Å². The molecule has 280 valence electrons. The molecule has 3 aromatic rings. The number of amides is 5. The first-order chi connectivity index (χ1) is 24.9. The molecule has 14 nitrogen and oxygen atoms in total. The number of carbonyl (C=O) groups is 5. The fraction of sp³-hybridized carbons (Fsp3) is 0.474. The van der Waals surface area contributed by atoms with Gasteiger partial charge in [0.2, 0.25) is 11.8 Å². The van der Waals surface area contributed by atoms with E-state index < -0.39 is 60.4 Å². The molecule has 52 heavy (non-hydrogen) atoms. The van der Waals surface area contributed by atoms with Gasteiger partial charge in [-0.05, 0) is 48.8 Å². The van der Waals surface area contributed by atoms with Crippen LogP contribution in [-0.4, -0.2) is 89.3 Å². The minimum Gasteiger partial charge on any atom is -0.453 e. The van der Waals surface area contributed by atoms with Gasteiger partial charge in [0.15, 0.2) is 0 Å². The van der Waals surface area contributed by atoms with Crippen molar-refractivity contribution >= 4 is 40.6 Å². The number of nitrogens with two attached hydrogens (primary N) is 1. The number of nitrogens with one attached hydrogen (secondary N) is 4. The van der Waals surface area contributed by atoms with Crippen LogP contribution in [0.5, 0.6) is 0 Å². The van der Waals surface area contributed by atoms with E-state index in [2.05, 4.69) is 26.4 Å². The van der Waals surface area contributed by atoms with Crippen LogP contribution in [0.3, 0.4) is 0 Å². The normalized spacial score (nSPS) is 15.7. The predicted molar refractivity (Wildman–Crippen MR) is 195 cm³/mol. The number of alkyl carbamates (subject to hydrolysis) is 1. The topological polar surface area (TPSA) is 205 Å². The molecule has 0 aliphatic heterocycles. The third-order valence-electron chi connectivity index (χ3n) is 9.24. The van der Waals surface area contributed by atoms with Gasteiger partial charge in [-0.1, -0.05) is 87.7 Å². The highest BCUT2D eigenvalue weighted by Crippen LogP contribution is 2.24. The Morgan fingerprint density at radius 2 is 1.60 bits per heavy atom. The lowest BCUT2D eigenvalue weighted by Crippen LogP contribution is -2.59. The number of hydrazine groups is 1. The van der Waals surface area contributed by atoms with Crippen LogP contribution in [0.4, 0.5) is 4.79 Å². The molecule has 0 saturated heterocycles. The molecular weight excluding hydrogens is 666 g/mol. The van der Waals surface area contributed by atoms with Gasteiger partial charge in [0, 0.05) is 18.5 Å². The smallest absolute Gasteiger partial charge is 0.407 e. The molecule has 0 spiro atoms. The third kappa shape index (κ3) is 12.0. The van der Waals surface area contributed by atoms with Crippen molar-refractivity contribution in [3.05, 3.63) is 78.0 Å². The Balaban J connectivity index is 1.56. The van der Waals surface area contributed by atoms with Crippen LogP contribution in [0, 0.1) is 11.8 Å². The van der Waals surface area contributed by atoms with Crippen molar-refractivity contribution in [2.24, 2.45) is 17.6 Å². The second-order valence-electron chi connectivity index (χ2n) is 13.7. The van der Waals surface area contributed by atoms with Crippen molar-refractivity contribution in [2.75, 3.05) is 20.2 Å². The van der Waals surface area contributed by atoms with Gasteiger partial charge < -0.3 is 31.5 Å². The second-order valence-corrected chi connectivity index (χ2v) is 13.7. The molecule has 1 fully saturated rings. The van der Waals surface area contributed by atoms with Crippen molar-refractivity contribution in [1.82, 2.24) is 31.4 Å². The number of nitrogens with zero attached hydrogens (tertiary/aromatic N) is 2. The van der Waals surface area contributed by atoms with E-state index in [1.165, 1.54) is 13.2 Å². The summed E-state index contributed by atoms with van der Waals surface area (Å²) in [6, 6.07) is 16.6. The standard InChI is InChI=1S/C38H51N7O7/c1-24(2)34(43-38(51)52-3)37(50)44-45(22-26-14-8-5-9-15-26)23-32(46)30(20-25-12-6-4-7-13-25)41-36(49)31(21-33(39)47)42-35(48)29-19-18-27-16-10-11-17-28(27)40-29/h4,6-7,10-13,16-19,24,26,30-32,34,46H,5,8-9,14-15,20-23H2,1-3H3,(H2,39,47)(H,41,49)(H,42,48)(H,43,51)(H,44,50)/t30-,31-,32-,34?/m0/s1. The average molecular weight is 718 g/mol. The van der Waals surface area contributed by atoms with E-state index in [1.54, 1.807) is 37.1 Å².